The van der Waals surface area contributed by atoms with E-state index >= 15 is 0 Å². The van der Waals surface area contributed by atoms with Gasteiger partial charge in [-0.05, 0) is 23.1 Å². The Morgan fingerprint density at radius 3 is 1.53 bits per heavy atom. The van der Waals surface area contributed by atoms with E-state index in [9.17, 15) is 0 Å². The van der Waals surface area contributed by atoms with Gasteiger partial charge in [0.2, 0.25) is 0 Å². The lowest BCUT2D eigenvalue weighted by Gasteiger charge is -2.17. The second-order valence-corrected chi connectivity index (χ2v) is 8.31. The van der Waals surface area contributed by atoms with E-state index < -0.39 is 5.92 Å². The van der Waals surface area contributed by atoms with E-state index in [-0.39, 0.29) is 11.5 Å². The van der Waals surface area contributed by atoms with E-state index in [0.717, 1.165) is 29.5 Å². The van der Waals surface area contributed by atoms with Crippen LogP contribution in [0, 0.1) is 51.2 Å². The summed E-state index contributed by atoms with van der Waals surface area (Å²) in [6, 6.07) is 37.1. The molecule has 3 rings (SSSR count). The molecule has 0 aliphatic heterocycles. The van der Waals surface area contributed by atoms with E-state index in [4.69, 9.17) is 21.0 Å². The number of unbranched alkanes of at least 4 members (excludes halogenated alkanes) is 3. The molecule has 0 heterocycles. The fourth-order valence-electron chi connectivity index (χ4n) is 4.03. The predicted octanol–water partition coefficient (Wildman–Crippen LogP) is 7.94. The minimum atomic E-state index is -0.533. The first-order chi connectivity index (χ1) is 17.7. The molecule has 1 unspecified atom stereocenters. The number of rotatable bonds is 9. The smallest absolute Gasteiger partial charge is 0.140 e. The highest BCUT2D eigenvalue weighted by atomic mass is 14.4. The number of allylic oxidation sites excluding steroid dienone is 1. The van der Waals surface area contributed by atoms with Gasteiger partial charge in [0.15, 0.2) is 0 Å². The first-order valence-corrected chi connectivity index (χ1v) is 12.2. The predicted molar refractivity (Wildman–Crippen MR) is 143 cm³/mol. The lowest BCUT2D eigenvalue weighted by Crippen LogP contribution is -2.09. The SMILES string of the molecule is CCCCCCC(c1ccccc1)C(C#N)C#N.N#CC(C#N)=C(c1ccccc1)c1ccccc1. The number of hydrogen-bond acceptors (Lipinski definition) is 4. The lowest BCUT2D eigenvalue weighted by molar-refractivity contribution is 0.515. The molecule has 0 spiro atoms. The van der Waals surface area contributed by atoms with Crippen molar-refractivity contribution in [1.29, 1.82) is 21.0 Å². The summed E-state index contributed by atoms with van der Waals surface area (Å²) in [5.74, 6) is -0.480. The number of nitriles is 4. The summed E-state index contributed by atoms with van der Waals surface area (Å²) >= 11 is 0. The minimum absolute atomic E-state index is 0.0538. The van der Waals surface area contributed by atoms with Gasteiger partial charge in [0.25, 0.3) is 0 Å². The first-order valence-electron chi connectivity index (χ1n) is 12.2. The van der Waals surface area contributed by atoms with Gasteiger partial charge < -0.3 is 0 Å². The van der Waals surface area contributed by atoms with E-state index in [2.05, 4.69) is 19.1 Å². The summed E-state index contributed by atoms with van der Waals surface area (Å²) in [6.45, 7) is 2.18. The van der Waals surface area contributed by atoms with Crippen molar-refractivity contribution in [1.82, 2.24) is 0 Å². The van der Waals surface area contributed by atoms with Crippen LogP contribution in [0.4, 0.5) is 0 Å². The Balaban J connectivity index is 0.000000254. The maximum atomic E-state index is 9.09. The largest absolute Gasteiger partial charge is 0.197 e. The first kappa shape index (κ1) is 27.6. The van der Waals surface area contributed by atoms with Gasteiger partial charge in [0, 0.05) is 11.5 Å². The zero-order valence-electron chi connectivity index (χ0n) is 20.6. The Kier molecular flexibility index (Phi) is 12.3. The molecular formula is C32H30N4. The van der Waals surface area contributed by atoms with Crippen molar-refractivity contribution in [3.8, 4) is 24.3 Å². The zero-order chi connectivity index (χ0) is 26.0. The fraction of sp³-hybridized carbons (Fsp3) is 0.250. The Labute approximate surface area is 215 Å². The minimum Gasteiger partial charge on any atom is -0.197 e. The molecule has 4 nitrogen and oxygen atoms in total. The van der Waals surface area contributed by atoms with Crippen LogP contribution in [0.3, 0.4) is 0 Å². The maximum absolute atomic E-state index is 9.09. The second kappa shape index (κ2) is 16.1. The Morgan fingerprint density at radius 2 is 1.11 bits per heavy atom. The molecule has 0 aliphatic rings. The van der Waals surface area contributed by atoms with Crippen LogP contribution >= 0.6 is 0 Å². The van der Waals surface area contributed by atoms with Gasteiger partial charge in [-0.3, -0.25) is 0 Å². The highest BCUT2D eigenvalue weighted by Gasteiger charge is 2.22. The molecule has 178 valence electrons. The molecule has 0 aliphatic carbocycles. The molecular weight excluding hydrogens is 440 g/mol. The van der Waals surface area contributed by atoms with Crippen LogP contribution in [-0.4, -0.2) is 0 Å². The topological polar surface area (TPSA) is 95.2 Å². The van der Waals surface area contributed by atoms with Crippen molar-refractivity contribution in [2.75, 3.05) is 0 Å². The van der Waals surface area contributed by atoms with Gasteiger partial charge in [0.05, 0.1) is 12.1 Å². The van der Waals surface area contributed by atoms with E-state index in [1.807, 2.05) is 103 Å². The number of hydrogen-bond donors (Lipinski definition) is 0. The summed E-state index contributed by atoms with van der Waals surface area (Å²) in [5.41, 5.74) is 3.68. The standard InChI is InChI=1S/C16H10N2.C16H20N2/c17-11-15(12-18)16(13-7-3-1-4-8-13)14-9-5-2-6-10-14;1-2-3-4-8-11-16(15(12-17)13-18)14-9-6-5-7-10-14/h1-10H;5-7,9-10,15-16H,2-4,8,11H2,1H3. The maximum Gasteiger partial charge on any atom is 0.140 e. The van der Waals surface area contributed by atoms with Crippen LogP contribution < -0.4 is 0 Å². The van der Waals surface area contributed by atoms with Crippen molar-refractivity contribution < 1.29 is 0 Å². The van der Waals surface area contributed by atoms with Crippen molar-refractivity contribution in [2.45, 2.75) is 44.9 Å². The third-order valence-electron chi connectivity index (χ3n) is 5.88. The summed E-state index contributed by atoms with van der Waals surface area (Å²) in [7, 11) is 0. The highest BCUT2D eigenvalue weighted by Crippen LogP contribution is 2.30. The van der Waals surface area contributed by atoms with Gasteiger partial charge in [-0.2, -0.15) is 21.0 Å². The summed E-state index contributed by atoms with van der Waals surface area (Å²) in [6.07, 6.45) is 5.63. The molecule has 0 radical (unpaired) electrons. The quantitative estimate of drug-likeness (QED) is 0.234. The Morgan fingerprint density at radius 1 is 0.639 bits per heavy atom. The molecule has 4 heteroatoms. The molecule has 0 saturated carbocycles. The normalized spacial score (nSPS) is 10.4. The lowest BCUT2D eigenvalue weighted by atomic mass is 9.83. The van der Waals surface area contributed by atoms with Crippen molar-refractivity contribution >= 4 is 5.57 Å². The zero-order valence-corrected chi connectivity index (χ0v) is 20.6. The molecule has 3 aromatic carbocycles. The van der Waals surface area contributed by atoms with E-state index in [0.29, 0.717) is 5.57 Å². The molecule has 0 aromatic heterocycles. The second-order valence-electron chi connectivity index (χ2n) is 8.31. The number of benzene rings is 3. The molecule has 1 atom stereocenters. The molecule has 0 amide bonds. The molecule has 36 heavy (non-hydrogen) atoms. The summed E-state index contributed by atoms with van der Waals surface area (Å²) < 4.78 is 0. The Hall–Kier alpha value is -4.64. The van der Waals surface area contributed by atoms with Crippen LogP contribution in [0.2, 0.25) is 0 Å². The van der Waals surface area contributed by atoms with E-state index in [1.54, 1.807) is 0 Å². The molecule has 3 aromatic rings. The average Bonchev–Trinajstić information content (AvgIpc) is 2.95. The van der Waals surface area contributed by atoms with Gasteiger partial charge in [-0.1, -0.05) is 124 Å². The number of nitrogens with zero attached hydrogens (tertiary/aromatic N) is 4. The van der Waals surface area contributed by atoms with Gasteiger partial charge in [0.1, 0.15) is 23.6 Å². The summed E-state index contributed by atoms with van der Waals surface area (Å²) in [5, 5.41) is 36.4. The third kappa shape index (κ3) is 8.29. The van der Waals surface area contributed by atoms with Gasteiger partial charge in [-0.15, -0.1) is 0 Å². The summed E-state index contributed by atoms with van der Waals surface area (Å²) in [4.78, 5) is 0. The van der Waals surface area contributed by atoms with Crippen LogP contribution in [0.15, 0.2) is 96.6 Å². The van der Waals surface area contributed by atoms with Crippen molar-refractivity contribution in [2.24, 2.45) is 5.92 Å². The van der Waals surface area contributed by atoms with Gasteiger partial charge >= 0.3 is 0 Å². The van der Waals surface area contributed by atoms with E-state index in [1.165, 1.54) is 19.3 Å². The average molecular weight is 471 g/mol. The third-order valence-corrected chi connectivity index (χ3v) is 5.88. The van der Waals surface area contributed by atoms with Crippen molar-refractivity contribution in [3.63, 3.8) is 0 Å². The molecule has 0 saturated heterocycles. The Bertz CT molecular complexity index is 1180. The van der Waals surface area contributed by atoms with Gasteiger partial charge in [-0.25, -0.2) is 0 Å². The fourth-order valence-corrected chi connectivity index (χ4v) is 4.03. The monoisotopic (exact) mass is 470 g/mol. The molecule has 0 fully saturated rings. The van der Waals surface area contributed by atoms with Crippen LogP contribution in [-0.2, 0) is 0 Å². The molecule has 0 bridgehead atoms. The highest BCUT2D eigenvalue weighted by molar-refractivity contribution is 5.86. The van der Waals surface area contributed by atoms with Crippen molar-refractivity contribution in [3.05, 3.63) is 113 Å². The van der Waals surface area contributed by atoms with Crippen LogP contribution in [0.1, 0.15) is 61.6 Å². The van der Waals surface area contributed by atoms with Crippen LogP contribution in [0.25, 0.3) is 5.57 Å². The van der Waals surface area contributed by atoms with Crippen LogP contribution in [0.5, 0.6) is 0 Å². The molecule has 0 N–H and O–H groups in total.